The van der Waals surface area contributed by atoms with Gasteiger partial charge in [0.25, 0.3) is 0 Å². The summed E-state index contributed by atoms with van der Waals surface area (Å²) in [5.74, 6) is -15.7. The van der Waals surface area contributed by atoms with Crippen LogP contribution >= 0.6 is 8.02 Å². The molecule has 1 amide bonds. The maximum atomic E-state index is 13.7. The summed E-state index contributed by atoms with van der Waals surface area (Å²) in [7, 11) is 3.11. The summed E-state index contributed by atoms with van der Waals surface area (Å²) in [6.45, 7) is 6.44. The first-order valence-electron chi connectivity index (χ1n) is 22.0. The lowest BCUT2D eigenvalue weighted by Gasteiger charge is -2.25. The molecule has 0 saturated carbocycles. The lowest BCUT2D eigenvalue weighted by Crippen LogP contribution is -2.44. The molecule has 0 bridgehead atoms. The van der Waals surface area contributed by atoms with E-state index >= 15 is 0 Å². The van der Waals surface area contributed by atoms with Crippen molar-refractivity contribution in [2.45, 2.75) is 73.5 Å². The maximum Gasteiger partial charge on any atom is 0.508 e. The van der Waals surface area contributed by atoms with Crippen molar-refractivity contribution >= 4 is 44.0 Å². The highest BCUT2D eigenvalue weighted by Gasteiger charge is 2.40. The topological polar surface area (TPSA) is 193 Å². The molecule has 5 N–H and O–H groups in total. The van der Waals surface area contributed by atoms with Crippen LogP contribution in [0.5, 0.6) is 5.75 Å². The van der Waals surface area contributed by atoms with E-state index < -0.39 is 101 Å². The lowest BCUT2D eigenvalue weighted by molar-refractivity contribution is -0.151. The van der Waals surface area contributed by atoms with Gasteiger partial charge >= 0.3 is 24.5 Å². The zero-order valence-corrected chi connectivity index (χ0v) is 42.5. The molecule has 5 aromatic carbocycles. The molecule has 5 aromatic rings. The first kappa shape index (κ1) is 65.4. The quantitative estimate of drug-likeness (QED) is 0.0182. The molecule has 13 nitrogen and oxygen atoms in total. The number of hydrogen-bond donors (Lipinski definition) is 4. The van der Waals surface area contributed by atoms with Crippen molar-refractivity contribution in [3.63, 3.8) is 0 Å². The fraction of sp³-hybridized carbons (Fsp3) is 0.333. The molecule has 0 saturated heterocycles. The zero-order valence-electron chi connectivity index (χ0n) is 40.8. The number of hydrogen-bond acceptors (Lipinski definition) is 13. The van der Waals surface area contributed by atoms with E-state index in [1.165, 1.54) is 19.4 Å². The molecule has 0 aliphatic heterocycles. The van der Waals surface area contributed by atoms with Crippen molar-refractivity contribution in [2.24, 2.45) is 16.6 Å². The Hall–Kier alpha value is -6.58. The van der Waals surface area contributed by atoms with E-state index in [9.17, 15) is 64.5 Å². The number of carbonyl (C=O) groups is 4. The Morgan fingerprint density at radius 1 is 0.608 bits per heavy atom. The third-order valence-electron chi connectivity index (χ3n) is 9.54. The standard InChI is InChI=1S/C21H25NO5.C19H15F5O6.C8H8F3N.C3H8.PS/c1-16-7-6-10-18(11-16)12-22-19(24)21(2,14-23)15-27-20(25)26-13-17-8-4-3-5-9-17;1-19(8-25,9-29-18(27)28-7-10-5-3-2-4-6-10)17(26)30-16-14(23)12(21)11(20)13(22)15(16)24;9-8(10,11)7-3-1-2-6(4-7)5-12;1-3-2;1-2/h3-11,23H,12-15H2,1-2H3,(H,22,24);2-6,25H,7-9H2,1H3;1-4H,5,12H2;3H2,1-2H3;/q;;;;-1. The van der Waals surface area contributed by atoms with Crippen LogP contribution in [-0.4, -0.2) is 60.8 Å². The number of nitrogens with two attached hydrogens (primary N) is 1. The number of aryl methyl sites for hydroxylation is 1. The van der Waals surface area contributed by atoms with Crippen LogP contribution < -0.4 is 15.8 Å². The molecule has 5 rings (SSSR count). The van der Waals surface area contributed by atoms with Gasteiger partial charge in [-0.25, -0.2) is 22.8 Å². The smallest absolute Gasteiger partial charge is 0.508 e. The number of nitrogens with one attached hydrogen (secondary N) is 1. The molecule has 0 heterocycles. The van der Waals surface area contributed by atoms with Gasteiger partial charge in [-0.1, -0.05) is 129 Å². The largest absolute Gasteiger partial charge is 0.645 e. The summed E-state index contributed by atoms with van der Waals surface area (Å²) in [6.07, 6.45) is -5.14. The highest BCUT2D eigenvalue weighted by atomic mass is 32.4. The normalized spacial score (nSPS) is 12.0. The Kier molecular flexibility index (Phi) is 29.4. The van der Waals surface area contributed by atoms with Crippen LogP contribution in [0.4, 0.5) is 44.7 Å². The van der Waals surface area contributed by atoms with Crippen LogP contribution in [0.3, 0.4) is 0 Å². The van der Waals surface area contributed by atoms with Gasteiger partial charge in [0.1, 0.15) is 37.3 Å². The van der Waals surface area contributed by atoms with Crippen molar-refractivity contribution in [3.05, 3.63) is 172 Å². The van der Waals surface area contributed by atoms with Gasteiger partial charge in [0.2, 0.25) is 40.7 Å². The summed E-state index contributed by atoms with van der Waals surface area (Å²) < 4.78 is 127. The van der Waals surface area contributed by atoms with Gasteiger partial charge < -0.3 is 64.8 Å². The third-order valence-corrected chi connectivity index (χ3v) is 9.54. The molecule has 2 unspecified atom stereocenters. The van der Waals surface area contributed by atoms with Gasteiger partial charge in [-0.05, 0) is 49.1 Å². The second kappa shape index (κ2) is 33.3. The molecule has 0 fully saturated rings. The highest BCUT2D eigenvalue weighted by Crippen LogP contribution is 2.32. The van der Waals surface area contributed by atoms with Crippen molar-refractivity contribution in [2.75, 3.05) is 26.4 Å². The molecule has 2 atom stereocenters. The molecule has 23 heteroatoms. The summed E-state index contributed by atoms with van der Waals surface area (Å²) in [6, 6.07) is 30.4. The van der Waals surface area contributed by atoms with E-state index in [4.69, 9.17) is 19.9 Å². The Balaban J connectivity index is 0.000000568. The molecule has 0 aliphatic carbocycles. The monoisotopic (exact) mass is 1090 g/mol. The molecular weight excluding hydrogens is 1030 g/mol. The van der Waals surface area contributed by atoms with E-state index in [1.807, 2.05) is 61.5 Å². The number of esters is 1. The van der Waals surface area contributed by atoms with Crippen molar-refractivity contribution in [1.29, 1.82) is 0 Å². The second-order valence-corrected chi connectivity index (χ2v) is 16.1. The number of aliphatic hydroxyl groups excluding tert-OH is 2. The number of carbonyl (C=O) groups excluding carboxylic acids is 4. The summed E-state index contributed by atoms with van der Waals surface area (Å²) in [5.41, 5.74) is 5.19. The molecule has 0 aromatic heterocycles. The molecule has 404 valence electrons. The molecule has 0 aliphatic rings. The minimum Gasteiger partial charge on any atom is -0.645 e. The van der Waals surface area contributed by atoms with E-state index in [-0.39, 0.29) is 26.4 Å². The summed E-state index contributed by atoms with van der Waals surface area (Å²) >= 11 is 3.78. The van der Waals surface area contributed by atoms with E-state index in [2.05, 4.69) is 48.5 Å². The van der Waals surface area contributed by atoms with Crippen LogP contribution in [0.2, 0.25) is 0 Å². The number of ether oxygens (including phenoxy) is 5. The van der Waals surface area contributed by atoms with Gasteiger partial charge in [-0.3, -0.25) is 9.59 Å². The highest BCUT2D eigenvalue weighted by molar-refractivity contribution is 7.88. The SMILES string of the molecule is CC(CO)(COC(=O)OCc1ccccc1)C(=O)Oc1c(F)c(F)c(F)c(F)c1F.CCC.Cc1cccc(CNC(=O)C(C)(CO)COC(=O)OCc2ccccc2)c1.NCc1cccc(C(F)(F)F)c1.[P-]=S. The van der Waals surface area contributed by atoms with Crippen LogP contribution in [0.15, 0.2) is 109 Å². The predicted molar refractivity (Wildman–Crippen MR) is 260 cm³/mol. The summed E-state index contributed by atoms with van der Waals surface area (Å²) in [4.78, 5) is 48.0. The third kappa shape index (κ3) is 22.3. The van der Waals surface area contributed by atoms with Gasteiger partial charge in [-0.2, -0.15) is 22.0 Å². The van der Waals surface area contributed by atoms with Crippen LogP contribution in [0, 0.1) is 46.8 Å². The summed E-state index contributed by atoms with van der Waals surface area (Å²) in [5, 5.41) is 21.8. The van der Waals surface area contributed by atoms with Gasteiger partial charge in [0, 0.05) is 13.1 Å². The van der Waals surface area contributed by atoms with Gasteiger partial charge in [0.05, 0.1) is 18.8 Å². The van der Waals surface area contributed by atoms with Crippen LogP contribution in [0.1, 0.15) is 67.5 Å². The number of rotatable bonds is 16. The van der Waals surface area contributed by atoms with Crippen molar-refractivity contribution < 1.29 is 88.2 Å². The molecular formula is C51H56F8N2O11PS-. The number of alkyl halides is 3. The average Bonchev–Trinajstić information content (AvgIpc) is 3.41. The molecule has 74 heavy (non-hydrogen) atoms. The maximum absolute atomic E-state index is 13.7. The van der Waals surface area contributed by atoms with Crippen LogP contribution in [0.25, 0.3) is 0 Å². The van der Waals surface area contributed by atoms with Gasteiger partial charge in [-0.15, -0.1) is 0 Å². The number of benzene rings is 5. The lowest BCUT2D eigenvalue weighted by atomic mass is 9.91. The zero-order chi connectivity index (χ0) is 56.1. The number of amides is 1. The van der Waals surface area contributed by atoms with Gasteiger partial charge in [0.15, 0.2) is 0 Å². The van der Waals surface area contributed by atoms with E-state index in [1.54, 1.807) is 36.4 Å². The molecule has 0 spiro atoms. The fourth-order valence-corrected chi connectivity index (χ4v) is 5.29. The Labute approximate surface area is 430 Å². The minimum absolute atomic E-state index is 0.0784. The molecule has 0 radical (unpaired) electrons. The minimum atomic E-state index is -4.27. The van der Waals surface area contributed by atoms with Crippen LogP contribution in [-0.2, 0) is 72.8 Å². The first-order valence-corrected chi connectivity index (χ1v) is 23.5. The van der Waals surface area contributed by atoms with E-state index in [0.29, 0.717) is 17.7 Å². The van der Waals surface area contributed by atoms with E-state index in [0.717, 1.165) is 35.7 Å². The Morgan fingerprint density at radius 3 is 1.46 bits per heavy atom. The predicted octanol–water partition coefficient (Wildman–Crippen LogP) is 11.0. The van der Waals surface area contributed by atoms with Crippen molar-refractivity contribution in [3.8, 4) is 5.75 Å². The fourth-order valence-electron chi connectivity index (χ4n) is 5.29. The average molecular weight is 1090 g/mol. The van der Waals surface area contributed by atoms with Crippen molar-refractivity contribution in [1.82, 2.24) is 5.32 Å². The number of aliphatic hydroxyl groups is 2. The second-order valence-electron chi connectivity index (χ2n) is 16.1. The number of halogens is 8. The Bertz CT molecular complexity index is 2510. The Morgan fingerprint density at radius 2 is 1.03 bits per heavy atom. The first-order chi connectivity index (χ1) is 35.0.